The lowest BCUT2D eigenvalue weighted by atomic mass is 10.0. The quantitative estimate of drug-likeness (QED) is 0.664. The number of nitrogens with one attached hydrogen (secondary N) is 1. The van der Waals surface area contributed by atoms with E-state index in [1.807, 2.05) is 0 Å². The average molecular weight is 184 g/mol. The van der Waals surface area contributed by atoms with E-state index in [9.17, 15) is 0 Å². The molecule has 2 rings (SSSR count). The zero-order chi connectivity index (χ0) is 8.23. The first kappa shape index (κ1) is 8.57. The van der Waals surface area contributed by atoms with Crippen molar-refractivity contribution >= 4 is 18.0 Å². The summed E-state index contributed by atoms with van der Waals surface area (Å²) < 4.78 is 0. The highest BCUT2D eigenvalue weighted by molar-refractivity contribution is 7.99. The summed E-state index contributed by atoms with van der Waals surface area (Å²) in [5, 5.41) is 3.55. The maximum atomic E-state index is 4.55. The minimum Gasteiger partial charge on any atom is -0.310 e. The van der Waals surface area contributed by atoms with E-state index in [0.29, 0.717) is 12.1 Å². The maximum absolute atomic E-state index is 4.55. The summed E-state index contributed by atoms with van der Waals surface area (Å²) in [6, 6.07) is 1.23. The highest BCUT2D eigenvalue weighted by atomic mass is 32.2. The van der Waals surface area contributed by atoms with Crippen LogP contribution in [0.4, 0.5) is 0 Å². The first-order valence-electron chi connectivity index (χ1n) is 4.79. The van der Waals surface area contributed by atoms with Gasteiger partial charge >= 0.3 is 0 Å². The lowest BCUT2D eigenvalue weighted by Gasteiger charge is -2.29. The van der Waals surface area contributed by atoms with Gasteiger partial charge in [-0.2, -0.15) is 11.8 Å². The Balaban J connectivity index is 1.88. The summed E-state index contributed by atoms with van der Waals surface area (Å²) in [5.41, 5.74) is 0. The molecule has 68 valence electrons. The number of aliphatic imine (C=N–C) groups is 1. The van der Waals surface area contributed by atoms with Gasteiger partial charge in [0.1, 0.15) is 0 Å². The molecule has 0 aromatic heterocycles. The fraction of sp³-hybridized carbons (Fsp3) is 0.889. The third-order valence-corrected chi connectivity index (χ3v) is 3.63. The molecule has 0 aromatic rings. The van der Waals surface area contributed by atoms with Crippen LogP contribution in [-0.4, -0.2) is 36.3 Å². The molecule has 0 amide bonds. The summed E-state index contributed by atoms with van der Waals surface area (Å²) in [6.45, 7) is 1.17. The molecule has 2 unspecified atom stereocenters. The Morgan fingerprint density at radius 3 is 3.17 bits per heavy atom. The van der Waals surface area contributed by atoms with Gasteiger partial charge in [-0.3, -0.25) is 4.99 Å². The lowest BCUT2D eigenvalue weighted by molar-refractivity contribution is 0.432. The Morgan fingerprint density at radius 2 is 2.50 bits per heavy atom. The second-order valence-electron chi connectivity index (χ2n) is 3.47. The summed E-state index contributed by atoms with van der Waals surface area (Å²) in [7, 11) is 0. The minimum absolute atomic E-state index is 0.576. The molecule has 1 saturated heterocycles. The summed E-state index contributed by atoms with van der Waals surface area (Å²) >= 11 is 2.06. The van der Waals surface area contributed by atoms with Crippen LogP contribution in [0.15, 0.2) is 4.99 Å². The van der Waals surface area contributed by atoms with Gasteiger partial charge in [0, 0.05) is 24.1 Å². The zero-order valence-electron chi connectivity index (χ0n) is 7.33. The van der Waals surface area contributed by atoms with Crippen LogP contribution in [-0.2, 0) is 0 Å². The Labute approximate surface area is 78.2 Å². The van der Waals surface area contributed by atoms with Crippen molar-refractivity contribution in [3.63, 3.8) is 0 Å². The van der Waals surface area contributed by atoms with Crippen LogP contribution in [0.5, 0.6) is 0 Å². The van der Waals surface area contributed by atoms with E-state index in [1.165, 1.54) is 37.3 Å². The predicted octanol–water partition coefficient (Wildman–Crippen LogP) is 1.31. The Bertz CT molecular complexity index is 164. The van der Waals surface area contributed by atoms with Gasteiger partial charge in [-0.05, 0) is 25.5 Å². The molecular formula is C9H16N2S. The summed E-state index contributed by atoms with van der Waals surface area (Å²) in [5.74, 6) is 2.52. The Hall–Kier alpha value is -0.0200. The van der Waals surface area contributed by atoms with Gasteiger partial charge in [-0.1, -0.05) is 0 Å². The molecule has 3 heteroatoms. The van der Waals surface area contributed by atoms with Gasteiger partial charge in [0.2, 0.25) is 0 Å². The van der Waals surface area contributed by atoms with Crippen molar-refractivity contribution in [3.05, 3.63) is 0 Å². The second kappa shape index (κ2) is 4.28. The van der Waals surface area contributed by atoms with Crippen molar-refractivity contribution in [2.24, 2.45) is 4.99 Å². The monoisotopic (exact) mass is 184 g/mol. The fourth-order valence-corrected chi connectivity index (χ4v) is 2.86. The molecule has 0 radical (unpaired) electrons. The number of hydrogen-bond donors (Lipinski definition) is 1. The Kier molecular flexibility index (Phi) is 3.06. The standard InChI is InChI=1S/C9H16N2S/c1-2-4-10-8(3-1)9-7-12-6-5-11-9/h4,8-9,11H,1-3,5-7H2. The first-order valence-corrected chi connectivity index (χ1v) is 5.95. The molecule has 2 nitrogen and oxygen atoms in total. The molecule has 2 aliphatic rings. The van der Waals surface area contributed by atoms with Gasteiger partial charge in [0.25, 0.3) is 0 Å². The maximum Gasteiger partial charge on any atom is 0.0656 e. The molecule has 0 spiro atoms. The van der Waals surface area contributed by atoms with E-state index in [1.54, 1.807) is 0 Å². The second-order valence-corrected chi connectivity index (χ2v) is 4.62. The number of nitrogens with zero attached hydrogens (tertiary/aromatic N) is 1. The van der Waals surface area contributed by atoms with Gasteiger partial charge in [0.05, 0.1) is 6.04 Å². The molecular weight excluding hydrogens is 168 g/mol. The van der Waals surface area contributed by atoms with Crippen LogP contribution >= 0.6 is 11.8 Å². The van der Waals surface area contributed by atoms with Crippen molar-refractivity contribution in [3.8, 4) is 0 Å². The van der Waals surface area contributed by atoms with Crippen molar-refractivity contribution in [2.75, 3.05) is 18.1 Å². The fourth-order valence-electron chi connectivity index (χ4n) is 1.84. The normalized spacial score (nSPS) is 36.7. The molecule has 0 aliphatic carbocycles. The largest absolute Gasteiger partial charge is 0.310 e. The van der Waals surface area contributed by atoms with Crippen LogP contribution in [0, 0.1) is 0 Å². The molecule has 2 heterocycles. The molecule has 2 atom stereocenters. The van der Waals surface area contributed by atoms with E-state index >= 15 is 0 Å². The predicted molar refractivity (Wildman–Crippen MR) is 55.2 cm³/mol. The van der Waals surface area contributed by atoms with Crippen LogP contribution < -0.4 is 5.32 Å². The van der Waals surface area contributed by atoms with Gasteiger partial charge in [0.15, 0.2) is 0 Å². The van der Waals surface area contributed by atoms with Crippen LogP contribution in [0.25, 0.3) is 0 Å². The van der Waals surface area contributed by atoms with E-state index in [2.05, 4.69) is 28.3 Å². The van der Waals surface area contributed by atoms with E-state index in [0.717, 1.165) is 0 Å². The lowest BCUT2D eigenvalue weighted by Crippen LogP contribution is -2.45. The van der Waals surface area contributed by atoms with Gasteiger partial charge in [-0.15, -0.1) is 0 Å². The van der Waals surface area contributed by atoms with Crippen molar-refractivity contribution in [2.45, 2.75) is 31.3 Å². The number of thioether (sulfide) groups is 1. The molecule has 0 aromatic carbocycles. The molecule has 12 heavy (non-hydrogen) atoms. The average Bonchev–Trinajstić information content (AvgIpc) is 2.21. The molecule has 1 N–H and O–H groups in total. The molecule has 1 fully saturated rings. The third kappa shape index (κ3) is 2.02. The van der Waals surface area contributed by atoms with Crippen molar-refractivity contribution < 1.29 is 0 Å². The van der Waals surface area contributed by atoms with E-state index in [4.69, 9.17) is 0 Å². The van der Waals surface area contributed by atoms with Crippen molar-refractivity contribution in [1.29, 1.82) is 0 Å². The van der Waals surface area contributed by atoms with Crippen LogP contribution in [0.1, 0.15) is 19.3 Å². The van der Waals surface area contributed by atoms with Crippen molar-refractivity contribution in [1.82, 2.24) is 5.32 Å². The third-order valence-electron chi connectivity index (χ3n) is 2.54. The first-order chi connectivity index (χ1) is 5.97. The molecule has 0 bridgehead atoms. The topological polar surface area (TPSA) is 24.4 Å². The summed E-state index contributed by atoms with van der Waals surface area (Å²) in [6.07, 6.45) is 5.91. The Morgan fingerprint density at radius 1 is 1.50 bits per heavy atom. The van der Waals surface area contributed by atoms with Crippen LogP contribution in [0.3, 0.4) is 0 Å². The number of rotatable bonds is 1. The van der Waals surface area contributed by atoms with Crippen LogP contribution in [0.2, 0.25) is 0 Å². The van der Waals surface area contributed by atoms with E-state index in [-0.39, 0.29) is 0 Å². The highest BCUT2D eigenvalue weighted by Gasteiger charge is 2.23. The van der Waals surface area contributed by atoms with Gasteiger partial charge in [-0.25, -0.2) is 0 Å². The molecule has 0 saturated carbocycles. The summed E-state index contributed by atoms with van der Waals surface area (Å²) in [4.78, 5) is 4.55. The molecule has 2 aliphatic heterocycles. The number of hydrogen-bond acceptors (Lipinski definition) is 3. The minimum atomic E-state index is 0.576. The van der Waals surface area contributed by atoms with E-state index < -0.39 is 0 Å². The zero-order valence-corrected chi connectivity index (χ0v) is 8.15. The smallest absolute Gasteiger partial charge is 0.0656 e. The SMILES string of the molecule is C1=NC(C2CSCCN2)CCC1. The van der Waals surface area contributed by atoms with Gasteiger partial charge < -0.3 is 5.32 Å². The highest BCUT2D eigenvalue weighted by Crippen LogP contribution is 2.18.